The molecule has 0 N–H and O–H groups in total. The molecule has 0 radical (unpaired) electrons. The second kappa shape index (κ2) is 11.9. The molecule has 6 nitrogen and oxygen atoms in total. The third-order valence-corrected chi connectivity index (χ3v) is 11.2. The highest BCUT2D eigenvalue weighted by Crippen LogP contribution is 2.41. The van der Waals surface area contributed by atoms with Crippen LogP contribution in [-0.4, -0.2) is 27.9 Å². The Bertz CT molecular complexity index is 3210. The largest absolute Gasteiger partial charge is 0.278 e. The molecule has 262 valence electrons. The minimum Gasteiger partial charge on any atom is -0.278 e. The van der Waals surface area contributed by atoms with Crippen molar-refractivity contribution in [3.05, 3.63) is 194 Å². The molecular formula is C50H32N6. The number of nitrogens with zero attached hydrogens (tertiary/aromatic N) is 6. The van der Waals surface area contributed by atoms with E-state index in [9.17, 15) is 0 Å². The van der Waals surface area contributed by atoms with E-state index in [0.717, 1.165) is 78.2 Å². The zero-order valence-corrected chi connectivity index (χ0v) is 30.2. The molecular weight excluding hydrogens is 685 g/mol. The number of para-hydroxylation sites is 6. The van der Waals surface area contributed by atoms with E-state index in [1.165, 1.54) is 22.3 Å². The van der Waals surface area contributed by atoms with Crippen molar-refractivity contribution in [2.45, 2.75) is 0 Å². The zero-order chi connectivity index (χ0) is 36.7. The van der Waals surface area contributed by atoms with Gasteiger partial charge in [0.15, 0.2) is 0 Å². The summed E-state index contributed by atoms with van der Waals surface area (Å²) in [6.45, 7) is 0. The quantitative estimate of drug-likeness (QED) is 0.178. The predicted octanol–water partition coefficient (Wildman–Crippen LogP) is 12.2. The minimum atomic E-state index is 0.877. The second-order valence-corrected chi connectivity index (χ2v) is 14.3. The van der Waals surface area contributed by atoms with Crippen molar-refractivity contribution in [2.24, 2.45) is 0 Å². The number of fused-ring (bicyclic) bond motifs is 10. The standard InChI is InChI=1S/C50H32N6/c1-3-13-33(14-4-1)35-25-29-37(30-26-35)53-45-23-11-17-39(47(45)55-43-21-9-7-19-41(43)51-49(53)55)40-18-12-24-46-48(40)56-44-22-10-8-20-42(44)52-50(56)54(46)38-31-27-36(28-32-38)34-15-5-2-6-16-34/h1-32H. The number of aromatic nitrogens is 6. The van der Waals surface area contributed by atoms with Crippen molar-refractivity contribution in [2.75, 3.05) is 0 Å². The topological polar surface area (TPSA) is 44.5 Å². The molecule has 0 aliphatic heterocycles. The van der Waals surface area contributed by atoms with Crippen molar-refractivity contribution >= 4 is 55.7 Å². The average molecular weight is 717 g/mol. The van der Waals surface area contributed by atoms with Crippen molar-refractivity contribution in [3.63, 3.8) is 0 Å². The molecule has 12 aromatic rings. The SMILES string of the molecule is c1ccc(-c2ccc(-n3c4cccc(-c5cccc6c5n5c7ccccc7nc5n6-c5ccc(-c6ccccc6)cc5)c4n4c5ccccc5nc34)cc2)cc1. The van der Waals surface area contributed by atoms with E-state index in [2.05, 4.69) is 212 Å². The highest BCUT2D eigenvalue weighted by atomic mass is 15.2. The van der Waals surface area contributed by atoms with E-state index in [4.69, 9.17) is 9.97 Å². The van der Waals surface area contributed by atoms with Crippen molar-refractivity contribution in [1.29, 1.82) is 0 Å². The van der Waals surface area contributed by atoms with Crippen molar-refractivity contribution in [3.8, 4) is 44.8 Å². The molecule has 0 saturated carbocycles. The van der Waals surface area contributed by atoms with Gasteiger partial charge in [0.25, 0.3) is 0 Å². The Morgan fingerprint density at radius 1 is 0.286 bits per heavy atom. The molecule has 56 heavy (non-hydrogen) atoms. The molecule has 0 aliphatic rings. The fourth-order valence-electron chi connectivity index (χ4n) is 8.69. The van der Waals surface area contributed by atoms with Crippen LogP contribution in [0.5, 0.6) is 0 Å². The number of hydrogen-bond donors (Lipinski definition) is 0. The summed E-state index contributed by atoms with van der Waals surface area (Å²) in [6.07, 6.45) is 0. The summed E-state index contributed by atoms with van der Waals surface area (Å²) >= 11 is 0. The molecule has 0 fully saturated rings. The Balaban J connectivity index is 1.14. The van der Waals surface area contributed by atoms with Gasteiger partial charge in [0.05, 0.1) is 44.1 Å². The first kappa shape index (κ1) is 30.7. The molecule has 4 heterocycles. The summed E-state index contributed by atoms with van der Waals surface area (Å²) in [7, 11) is 0. The third-order valence-electron chi connectivity index (χ3n) is 11.2. The predicted molar refractivity (Wildman–Crippen MR) is 229 cm³/mol. The lowest BCUT2D eigenvalue weighted by atomic mass is 10.0. The van der Waals surface area contributed by atoms with E-state index in [-0.39, 0.29) is 0 Å². The van der Waals surface area contributed by atoms with Gasteiger partial charge < -0.3 is 0 Å². The summed E-state index contributed by atoms with van der Waals surface area (Å²) in [4.78, 5) is 10.5. The molecule has 0 bridgehead atoms. The van der Waals surface area contributed by atoms with Gasteiger partial charge >= 0.3 is 0 Å². The maximum Gasteiger partial charge on any atom is 0.220 e. The molecule has 6 heteroatoms. The highest BCUT2D eigenvalue weighted by Gasteiger charge is 2.24. The van der Waals surface area contributed by atoms with E-state index in [1.54, 1.807) is 0 Å². The first-order valence-electron chi connectivity index (χ1n) is 18.9. The Morgan fingerprint density at radius 3 is 1.07 bits per heavy atom. The van der Waals surface area contributed by atoms with Gasteiger partial charge in [-0.15, -0.1) is 0 Å². The van der Waals surface area contributed by atoms with Crippen LogP contribution in [0, 0.1) is 0 Å². The van der Waals surface area contributed by atoms with Crippen molar-refractivity contribution in [1.82, 2.24) is 27.9 Å². The molecule has 0 atom stereocenters. The molecule has 0 unspecified atom stereocenters. The van der Waals surface area contributed by atoms with Gasteiger partial charge in [-0.1, -0.05) is 133 Å². The lowest BCUT2D eigenvalue weighted by Crippen LogP contribution is -1.95. The van der Waals surface area contributed by atoms with Gasteiger partial charge in [-0.2, -0.15) is 0 Å². The van der Waals surface area contributed by atoms with Gasteiger partial charge in [-0.05, 0) is 82.9 Å². The molecule has 0 amide bonds. The smallest absolute Gasteiger partial charge is 0.220 e. The van der Waals surface area contributed by atoms with E-state index < -0.39 is 0 Å². The lowest BCUT2D eigenvalue weighted by Gasteiger charge is -2.11. The number of imidazole rings is 4. The van der Waals surface area contributed by atoms with E-state index in [0.29, 0.717) is 0 Å². The summed E-state index contributed by atoms with van der Waals surface area (Å²) < 4.78 is 9.28. The molecule has 4 aromatic heterocycles. The van der Waals surface area contributed by atoms with E-state index in [1.807, 2.05) is 0 Å². The van der Waals surface area contributed by atoms with Crippen molar-refractivity contribution < 1.29 is 0 Å². The van der Waals surface area contributed by atoms with Crippen LogP contribution in [0.25, 0.3) is 100 Å². The maximum absolute atomic E-state index is 5.27. The summed E-state index contributed by atoms with van der Waals surface area (Å²) in [6, 6.07) is 68.9. The van der Waals surface area contributed by atoms with Gasteiger partial charge in [0.2, 0.25) is 11.6 Å². The van der Waals surface area contributed by atoms with Crippen LogP contribution in [0.3, 0.4) is 0 Å². The zero-order valence-electron chi connectivity index (χ0n) is 30.2. The van der Waals surface area contributed by atoms with Gasteiger partial charge in [0, 0.05) is 22.5 Å². The lowest BCUT2D eigenvalue weighted by molar-refractivity contribution is 1.11. The van der Waals surface area contributed by atoms with Crippen LogP contribution in [0.15, 0.2) is 194 Å². The molecule has 0 saturated heterocycles. The summed E-state index contributed by atoms with van der Waals surface area (Å²) in [5.74, 6) is 1.75. The Labute approximate surface area is 321 Å². The average Bonchev–Trinajstić information content (AvgIpc) is 4.01. The Morgan fingerprint density at radius 2 is 0.643 bits per heavy atom. The van der Waals surface area contributed by atoms with Crippen LogP contribution < -0.4 is 0 Å². The van der Waals surface area contributed by atoms with Crippen LogP contribution in [0.2, 0.25) is 0 Å². The third kappa shape index (κ3) is 4.44. The monoisotopic (exact) mass is 716 g/mol. The number of benzene rings is 8. The Kier molecular flexibility index (Phi) is 6.53. The molecule has 8 aromatic carbocycles. The number of rotatable bonds is 5. The normalized spacial score (nSPS) is 11.9. The van der Waals surface area contributed by atoms with E-state index >= 15 is 0 Å². The molecule has 0 aliphatic carbocycles. The number of hydrogen-bond acceptors (Lipinski definition) is 2. The highest BCUT2D eigenvalue weighted by molar-refractivity contribution is 6.07. The van der Waals surface area contributed by atoms with Crippen LogP contribution in [-0.2, 0) is 0 Å². The summed E-state index contributed by atoms with van der Waals surface area (Å²) in [5.41, 5.74) is 17.6. The molecule has 12 rings (SSSR count). The second-order valence-electron chi connectivity index (χ2n) is 14.3. The summed E-state index contributed by atoms with van der Waals surface area (Å²) in [5, 5.41) is 0. The first-order valence-corrected chi connectivity index (χ1v) is 18.9. The van der Waals surface area contributed by atoms with Gasteiger partial charge in [-0.3, -0.25) is 17.9 Å². The minimum absolute atomic E-state index is 0.877. The Hall–Kier alpha value is -7.70. The van der Waals surface area contributed by atoms with Crippen LogP contribution >= 0.6 is 0 Å². The maximum atomic E-state index is 5.27. The van der Waals surface area contributed by atoms with Crippen LogP contribution in [0.4, 0.5) is 0 Å². The van der Waals surface area contributed by atoms with Crippen LogP contribution in [0.1, 0.15) is 0 Å². The van der Waals surface area contributed by atoms with Gasteiger partial charge in [0.1, 0.15) is 0 Å². The fraction of sp³-hybridized carbons (Fsp3) is 0. The van der Waals surface area contributed by atoms with Gasteiger partial charge in [-0.25, -0.2) is 9.97 Å². The first-order chi connectivity index (χ1) is 27.8. The molecule has 0 spiro atoms. The fourth-order valence-corrected chi connectivity index (χ4v) is 8.69.